The lowest BCUT2D eigenvalue weighted by Gasteiger charge is -2.10. The lowest BCUT2D eigenvalue weighted by Crippen LogP contribution is -2.21. The molecule has 1 amide bonds. The summed E-state index contributed by atoms with van der Waals surface area (Å²) in [5.41, 5.74) is 5.96. The predicted octanol–water partition coefficient (Wildman–Crippen LogP) is 3.10. The number of para-hydroxylation sites is 1. The van der Waals surface area contributed by atoms with Gasteiger partial charge < -0.3 is 11.1 Å². The van der Waals surface area contributed by atoms with E-state index in [1.54, 1.807) is 11.8 Å². The standard InChI is InChI=1S/C15H15N3OS/c16-14(17)10-15(19)18-12-8-4-5-9-13(12)20-11-6-2-1-3-7-11/h1-9H,10H2,(H3,16,17)(H,18,19). The van der Waals surface area contributed by atoms with E-state index in [1.807, 2.05) is 54.6 Å². The van der Waals surface area contributed by atoms with Crippen molar-refractivity contribution < 1.29 is 4.79 Å². The van der Waals surface area contributed by atoms with Crippen LogP contribution in [0.4, 0.5) is 5.69 Å². The highest BCUT2D eigenvalue weighted by Gasteiger charge is 2.08. The molecule has 0 spiro atoms. The van der Waals surface area contributed by atoms with Crippen LogP contribution in [-0.2, 0) is 4.79 Å². The highest BCUT2D eigenvalue weighted by Crippen LogP contribution is 2.33. The Kier molecular flexibility index (Phi) is 4.79. The maximum atomic E-state index is 11.7. The van der Waals surface area contributed by atoms with Crippen molar-refractivity contribution in [1.82, 2.24) is 0 Å². The molecular weight excluding hydrogens is 270 g/mol. The molecule has 0 aromatic heterocycles. The van der Waals surface area contributed by atoms with Crippen LogP contribution in [0.5, 0.6) is 0 Å². The molecule has 0 radical (unpaired) electrons. The number of carbonyl (C=O) groups is 1. The van der Waals surface area contributed by atoms with Crippen molar-refractivity contribution in [3.05, 3.63) is 54.6 Å². The van der Waals surface area contributed by atoms with Gasteiger partial charge in [-0.15, -0.1) is 0 Å². The van der Waals surface area contributed by atoms with Crippen molar-refractivity contribution in [2.45, 2.75) is 16.2 Å². The Morgan fingerprint density at radius 3 is 2.45 bits per heavy atom. The van der Waals surface area contributed by atoms with Crippen LogP contribution in [0.2, 0.25) is 0 Å². The molecule has 0 saturated carbocycles. The van der Waals surface area contributed by atoms with Gasteiger partial charge in [0, 0.05) is 9.79 Å². The van der Waals surface area contributed by atoms with E-state index in [-0.39, 0.29) is 18.2 Å². The van der Waals surface area contributed by atoms with Crippen molar-refractivity contribution in [3.63, 3.8) is 0 Å². The van der Waals surface area contributed by atoms with Gasteiger partial charge in [0.25, 0.3) is 0 Å². The molecular formula is C15H15N3OS. The predicted molar refractivity (Wildman–Crippen MR) is 82.2 cm³/mol. The van der Waals surface area contributed by atoms with Crippen LogP contribution in [-0.4, -0.2) is 11.7 Å². The Labute approximate surface area is 121 Å². The monoisotopic (exact) mass is 285 g/mol. The first-order chi connectivity index (χ1) is 9.65. The molecule has 2 rings (SSSR count). The first-order valence-corrected chi connectivity index (χ1v) is 6.91. The van der Waals surface area contributed by atoms with Gasteiger partial charge in [0.15, 0.2) is 0 Å². The van der Waals surface area contributed by atoms with E-state index in [2.05, 4.69) is 5.32 Å². The first kappa shape index (κ1) is 14.1. The topological polar surface area (TPSA) is 79.0 Å². The molecule has 0 bridgehead atoms. The van der Waals surface area contributed by atoms with Gasteiger partial charge in [-0.2, -0.15) is 0 Å². The number of hydrogen-bond donors (Lipinski definition) is 3. The fourth-order valence-corrected chi connectivity index (χ4v) is 2.56. The van der Waals surface area contributed by atoms with Crippen molar-refractivity contribution in [2.75, 3.05) is 5.32 Å². The lowest BCUT2D eigenvalue weighted by molar-refractivity contribution is -0.115. The molecule has 0 aliphatic rings. The molecule has 4 nitrogen and oxygen atoms in total. The highest BCUT2D eigenvalue weighted by atomic mass is 32.2. The third-order valence-electron chi connectivity index (χ3n) is 2.48. The van der Waals surface area contributed by atoms with Crippen molar-refractivity contribution in [2.24, 2.45) is 5.73 Å². The molecule has 5 heteroatoms. The largest absolute Gasteiger partial charge is 0.387 e. The van der Waals surface area contributed by atoms with Crippen LogP contribution in [0.3, 0.4) is 0 Å². The van der Waals surface area contributed by atoms with E-state index in [0.717, 1.165) is 15.5 Å². The minimum absolute atomic E-state index is 0.0929. The molecule has 0 heterocycles. The van der Waals surface area contributed by atoms with E-state index in [4.69, 9.17) is 11.1 Å². The van der Waals surface area contributed by atoms with Crippen LogP contribution in [0.15, 0.2) is 64.4 Å². The highest BCUT2D eigenvalue weighted by molar-refractivity contribution is 7.99. The summed E-state index contributed by atoms with van der Waals surface area (Å²) >= 11 is 1.58. The Bertz CT molecular complexity index is 614. The SMILES string of the molecule is N=C(N)CC(=O)Nc1ccccc1Sc1ccccc1. The van der Waals surface area contributed by atoms with Crippen LogP contribution < -0.4 is 11.1 Å². The lowest BCUT2D eigenvalue weighted by atomic mass is 10.3. The second-order valence-corrected chi connectivity index (χ2v) is 5.28. The van der Waals surface area contributed by atoms with Gasteiger partial charge in [-0.25, -0.2) is 0 Å². The van der Waals surface area contributed by atoms with Crippen molar-refractivity contribution in [3.8, 4) is 0 Å². The first-order valence-electron chi connectivity index (χ1n) is 6.10. The van der Waals surface area contributed by atoms with Gasteiger partial charge in [-0.05, 0) is 24.3 Å². The van der Waals surface area contributed by atoms with E-state index >= 15 is 0 Å². The summed E-state index contributed by atoms with van der Waals surface area (Å²) in [7, 11) is 0. The number of nitrogens with one attached hydrogen (secondary N) is 2. The van der Waals surface area contributed by atoms with Crippen LogP contribution in [0.1, 0.15) is 6.42 Å². The molecule has 0 saturated heterocycles. The summed E-state index contributed by atoms with van der Waals surface area (Å²) in [6, 6.07) is 17.5. The van der Waals surface area contributed by atoms with Gasteiger partial charge >= 0.3 is 0 Å². The second kappa shape index (κ2) is 6.77. The molecule has 2 aromatic rings. The molecule has 20 heavy (non-hydrogen) atoms. The summed E-state index contributed by atoms with van der Waals surface area (Å²) in [6.45, 7) is 0. The maximum Gasteiger partial charge on any atom is 0.231 e. The van der Waals surface area contributed by atoms with E-state index in [0.29, 0.717) is 0 Å². The number of hydrogen-bond acceptors (Lipinski definition) is 3. The second-order valence-electron chi connectivity index (χ2n) is 4.16. The smallest absolute Gasteiger partial charge is 0.231 e. The minimum Gasteiger partial charge on any atom is -0.387 e. The summed E-state index contributed by atoms with van der Waals surface area (Å²) in [4.78, 5) is 13.7. The van der Waals surface area contributed by atoms with E-state index in [1.165, 1.54) is 0 Å². The average molecular weight is 285 g/mol. The van der Waals surface area contributed by atoms with Crippen LogP contribution >= 0.6 is 11.8 Å². The van der Waals surface area contributed by atoms with E-state index < -0.39 is 0 Å². The summed E-state index contributed by atoms with van der Waals surface area (Å²) in [5.74, 6) is -0.422. The Morgan fingerprint density at radius 2 is 1.75 bits per heavy atom. The average Bonchev–Trinajstić information content (AvgIpc) is 2.41. The number of benzene rings is 2. The Balaban J connectivity index is 2.14. The fourth-order valence-electron chi connectivity index (χ4n) is 1.64. The fraction of sp³-hybridized carbons (Fsp3) is 0.0667. The summed E-state index contributed by atoms with van der Waals surface area (Å²) in [6.07, 6.45) is -0.0929. The van der Waals surface area contributed by atoms with Gasteiger partial charge in [-0.3, -0.25) is 10.2 Å². The molecule has 0 unspecified atom stereocenters. The number of nitrogens with two attached hydrogens (primary N) is 1. The van der Waals surface area contributed by atoms with Gasteiger partial charge in [0.05, 0.1) is 12.1 Å². The number of carbonyl (C=O) groups excluding carboxylic acids is 1. The molecule has 0 aliphatic carbocycles. The molecule has 0 aliphatic heterocycles. The van der Waals surface area contributed by atoms with Crippen molar-refractivity contribution >= 4 is 29.2 Å². The maximum absolute atomic E-state index is 11.7. The third kappa shape index (κ3) is 4.13. The van der Waals surface area contributed by atoms with Crippen LogP contribution in [0.25, 0.3) is 0 Å². The zero-order valence-corrected chi connectivity index (χ0v) is 11.6. The Hall–Kier alpha value is -2.27. The zero-order chi connectivity index (χ0) is 14.4. The van der Waals surface area contributed by atoms with Crippen LogP contribution in [0, 0.1) is 5.41 Å². The summed E-state index contributed by atoms with van der Waals surface area (Å²) in [5, 5.41) is 9.92. The molecule has 0 fully saturated rings. The normalized spacial score (nSPS) is 10.0. The van der Waals surface area contributed by atoms with Crippen molar-refractivity contribution in [1.29, 1.82) is 5.41 Å². The zero-order valence-electron chi connectivity index (χ0n) is 10.8. The van der Waals surface area contributed by atoms with E-state index in [9.17, 15) is 4.79 Å². The molecule has 4 N–H and O–H groups in total. The summed E-state index contributed by atoms with van der Waals surface area (Å²) < 4.78 is 0. The van der Waals surface area contributed by atoms with Gasteiger partial charge in [-0.1, -0.05) is 42.1 Å². The minimum atomic E-state index is -0.279. The van der Waals surface area contributed by atoms with Gasteiger partial charge in [0.1, 0.15) is 5.84 Å². The number of anilines is 1. The quantitative estimate of drug-likeness (QED) is 0.583. The Morgan fingerprint density at radius 1 is 1.10 bits per heavy atom. The number of rotatable bonds is 5. The number of amidine groups is 1. The molecule has 0 atom stereocenters. The third-order valence-corrected chi connectivity index (χ3v) is 3.57. The molecule has 2 aromatic carbocycles. The molecule has 102 valence electrons. The van der Waals surface area contributed by atoms with Gasteiger partial charge in [0.2, 0.25) is 5.91 Å². The number of amides is 1.